The Morgan fingerprint density at radius 2 is 2.00 bits per heavy atom. The fraction of sp³-hybridized carbons (Fsp3) is 0.500. The minimum absolute atomic E-state index is 0.532. The fourth-order valence-corrected chi connectivity index (χ4v) is 8.60. The third kappa shape index (κ3) is 4.58. The van der Waals surface area contributed by atoms with Crippen LogP contribution in [0.4, 0.5) is 14.9 Å². The van der Waals surface area contributed by atoms with Crippen molar-refractivity contribution in [1.82, 2.24) is 0 Å². The van der Waals surface area contributed by atoms with E-state index in [9.17, 15) is 9.18 Å². The molecular formula is C14H24FNOSi2. The van der Waals surface area contributed by atoms with Crippen LogP contribution in [0.1, 0.15) is 0 Å². The van der Waals surface area contributed by atoms with Crippen molar-refractivity contribution in [2.24, 2.45) is 0 Å². The maximum atomic E-state index is 12.8. The third-order valence-corrected chi connectivity index (χ3v) is 9.06. The number of hydrogen-bond donors (Lipinski definition) is 0. The normalized spacial score (nSPS) is 11.7. The van der Waals surface area contributed by atoms with Gasteiger partial charge in [0.15, 0.2) is 0 Å². The lowest BCUT2D eigenvalue weighted by molar-refractivity contribution is 0.229. The summed E-state index contributed by atoms with van der Waals surface area (Å²) in [6.07, 6.45) is -1.41. The highest BCUT2D eigenvalue weighted by Gasteiger charge is 2.24. The zero-order chi connectivity index (χ0) is 14.6. The van der Waals surface area contributed by atoms with Gasteiger partial charge in [0.2, 0.25) is 0 Å². The van der Waals surface area contributed by atoms with Crippen LogP contribution in [0.5, 0.6) is 0 Å². The summed E-state index contributed by atoms with van der Waals surface area (Å²) in [6.45, 7) is 9.44. The third-order valence-electron chi connectivity index (χ3n) is 3.63. The van der Waals surface area contributed by atoms with Gasteiger partial charge < -0.3 is 0 Å². The molecule has 0 heterocycles. The molecule has 0 fully saturated rings. The fourth-order valence-electron chi connectivity index (χ4n) is 2.03. The molecule has 0 atom stereocenters. The van der Waals surface area contributed by atoms with Gasteiger partial charge in [-0.2, -0.15) is 0 Å². The van der Waals surface area contributed by atoms with Gasteiger partial charge in [-0.25, -0.2) is 4.79 Å². The molecule has 0 aliphatic heterocycles. The first-order valence-electron chi connectivity index (χ1n) is 6.78. The van der Waals surface area contributed by atoms with E-state index in [2.05, 4.69) is 32.3 Å². The number of hydrogen-bond acceptors (Lipinski definition) is 1. The van der Waals surface area contributed by atoms with E-state index in [-0.39, 0.29) is 0 Å². The van der Waals surface area contributed by atoms with Crippen LogP contribution in [0.25, 0.3) is 0 Å². The van der Waals surface area contributed by atoms with Crippen LogP contribution in [-0.4, -0.2) is 30.1 Å². The Kier molecular flexibility index (Phi) is 5.49. The Morgan fingerprint density at radius 3 is 2.53 bits per heavy atom. The minimum atomic E-state index is -1.48. The highest BCUT2D eigenvalue weighted by molar-refractivity contribution is 6.90. The highest BCUT2D eigenvalue weighted by atomic mass is 28.3. The summed E-state index contributed by atoms with van der Waals surface area (Å²) in [5.41, 5.74) is 0.646. The highest BCUT2D eigenvalue weighted by Crippen LogP contribution is 2.18. The lowest BCUT2D eigenvalue weighted by Crippen LogP contribution is -2.42. The molecule has 1 amide bonds. The second-order valence-corrected chi connectivity index (χ2v) is 14.4. The van der Waals surface area contributed by atoms with E-state index in [4.69, 9.17) is 0 Å². The molecule has 1 aromatic rings. The predicted octanol–water partition coefficient (Wildman–Crippen LogP) is 3.61. The van der Waals surface area contributed by atoms with Gasteiger partial charge in [0.1, 0.15) is 0 Å². The average Bonchev–Trinajstić information content (AvgIpc) is 2.35. The van der Waals surface area contributed by atoms with Crippen LogP contribution in [0.3, 0.4) is 0 Å². The number of carbonyl (C=O) groups excluding carboxylic acids is 1. The number of carbonyl (C=O) groups is 1. The van der Waals surface area contributed by atoms with E-state index in [0.717, 1.165) is 4.90 Å². The van der Waals surface area contributed by atoms with Crippen molar-refractivity contribution in [2.45, 2.75) is 38.3 Å². The molecule has 1 aromatic carbocycles. The summed E-state index contributed by atoms with van der Waals surface area (Å²) in [5, 5.41) is 1.30. The topological polar surface area (TPSA) is 20.3 Å². The van der Waals surface area contributed by atoms with Crippen molar-refractivity contribution in [2.75, 3.05) is 11.9 Å². The molecule has 0 unspecified atom stereocenters. The molecule has 19 heavy (non-hydrogen) atoms. The van der Waals surface area contributed by atoms with Crippen molar-refractivity contribution in [3.8, 4) is 0 Å². The Bertz CT molecular complexity index is 449. The maximum absolute atomic E-state index is 12.8. The number of rotatable bonds is 5. The van der Waals surface area contributed by atoms with Crippen molar-refractivity contribution in [3.63, 3.8) is 0 Å². The van der Waals surface area contributed by atoms with Gasteiger partial charge in [0.25, 0.3) is 0 Å². The van der Waals surface area contributed by atoms with Crippen LogP contribution in [0.15, 0.2) is 24.3 Å². The molecule has 1 rings (SSSR count). The van der Waals surface area contributed by atoms with Crippen LogP contribution in [-0.2, 0) is 0 Å². The molecular weight excluding hydrogens is 273 g/mol. The van der Waals surface area contributed by atoms with Crippen molar-refractivity contribution >= 4 is 33.9 Å². The maximum Gasteiger partial charge on any atom is 0.404 e. The zero-order valence-corrected chi connectivity index (χ0v) is 14.7. The summed E-state index contributed by atoms with van der Waals surface area (Å²) >= 11 is 0. The molecule has 0 aliphatic carbocycles. The van der Waals surface area contributed by atoms with Gasteiger partial charge in [-0.3, -0.25) is 4.90 Å². The first-order chi connectivity index (χ1) is 8.74. The first-order valence-corrected chi connectivity index (χ1v) is 13.1. The lowest BCUT2D eigenvalue weighted by Gasteiger charge is -2.25. The van der Waals surface area contributed by atoms with Gasteiger partial charge >= 0.3 is 6.16 Å². The van der Waals surface area contributed by atoms with Crippen LogP contribution < -0.4 is 10.1 Å². The van der Waals surface area contributed by atoms with E-state index >= 15 is 0 Å². The second-order valence-electron chi connectivity index (χ2n) is 6.18. The summed E-state index contributed by atoms with van der Waals surface area (Å²) in [6, 6.07) is 10.4. The Balaban J connectivity index is 2.94. The van der Waals surface area contributed by atoms with Gasteiger partial charge in [-0.1, -0.05) is 55.6 Å². The second kappa shape index (κ2) is 6.47. The number of anilines is 1. The number of nitrogens with zero attached hydrogens (tertiary/aromatic N) is 1. The minimum Gasteiger partial charge on any atom is -0.287 e. The summed E-state index contributed by atoms with van der Waals surface area (Å²) in [4.78, 5) is 11.9. The average molecular weight is 298 g/mol. The standard InChI is InChI=1S/C14H24FNOSi2/c1-16(14(15)17)12-7-6-8-13(11-12)19(4,5)10-9-18(2)3/h6-8,11,18H,9-10H2,1-5H3. The molecule has 5 heteroatoms. The first kappa shape index (κ1) is 16.1. The molecule has 106 valence electrons. The molecule has 0 N–H and O–H groups in total. The van der Waals surface area contributed by atoms with Crippen LogP contribution >= 0.6 is 0 Å². The predicted molar refractivity (Wildman–Crippen MR) is 87.0 cm³/mol. The molecule has 2 nitrogen and oxygen atoms in total. The quantitative estimate of drug-likeness (QED) is 0.462. The molecule has 0 aliphatic rings. The van der Waals surface area contributed by atoms with Crippen molar-refractivity contribution in [1.29, 1.82) is 0 Å². The van der Waals surface area contributed by atoms with Gasteiger partial charge in [-0.05, 0) is 12.1 Å². The van der Waals surface area contributed by atoms with Crippen molar-refractivity contribution < 1.29 is 9.18 Å². The van der Waals surface area contributed by atoms with Gasteiger partial charge in [-0.15, -0.1) is 4.39 Å². The SMILES string of the molecule is CN(C(=O)F)c1cccc([Si](C)(C)CC[SiH](C)C)c1. The Hall–Kier alpha value is -0.946. The summed E-state index contributed by atoms with van der Waals surface area (Å²) in [5.74, 6) is 0. The summed E-state index contributed by atoms with van der Waals surface area (Å²) < 4.78 is 12.8. The van der Waals surface area contributed by atoms with Crippen LogP contribution in [0, 0.1) is 0 Å². The van der Waals surface area contributed by atoms with Gasteiger partial charge in [0.05, 0.1) is 8.07 Å². The Morgan fingerprint density at radius 1 is 1.37 bits per heavy atom. The molecule has 0 radical (unpaired) electrons. The largest absolute Gasteiger partial charge is 0.404 e. The van der Waals surface area contributed by atoms with Gasteiger partial charge in [0, 0.05) is 21.5 Å². The summed E-state index contributed by atoms with van der Waals surface area (Å²) in [7, 11) is -0.543. The van der Waals surface area contributed by atoms with E-state index in [1.54, 1.807) is 6.07 Å². The molecule has 0 spiro atoms. The number of amides is 1. The van der Waals surface area contributed by atoms with E-state index < -0.39 is 23.0 Å². The molecule has 0 aromatic heterocycles. The van der Waals surface area contributed by atoms with Crippen LogP contribution in [0.2, 0.25) is 38.3 Å². The van der Waals surface area contributed by atoms with Crippen molar-refractivity contribution in [3.05, 3.63) is 24.3 Å². The van der Waals surface area contributed by atoms with E-state index in [1.807, 2.05) is 12.1 Å². The molecule has 0 saturated heterocycles. The lowest BCUT2D eigenvalue weighted by atomic mass is 10.3. The zero-order valence-electron chi connectivity index (χ0n) is 12.5. The molecule has 0 saturated carbocycles. The van der Waals surface area contributed by atoms with E-state index in [0.29, 0.717) is 5.69 Å². The van der Waals surface area contributed by atoms with E-state index in [1.165, 1.54) is 24.3 Å². The monoisotopic (exact) mass is 297 g/mol. The molecule has 0 bridgehead atoms. The Labute approximate surface area is 118 Å². The number of halogens is 1. The smallest absolute Gasteiger partial charge is 0.287 e. The number of benzene rings is 1.